The van der Waals surface area contributed by atoms with Crippen molar-refractivity contribution in [1.82, 2.24) is 20.2 Å². The summed E-state index contributed by atoms with van der Waals surface area (Å²) in [5.41, 5.74) is 5.60. The summed E-state index contributed by atoms with van der Waals surface area (Å²) in [6.07, 6.45) is 0. The zero-order valence-electron chi connectivity index (χ0n) is 11.6. The van der Waals surface area contributed by atoms with E-state index in [-0.39, 0.29) is 11.9 Å². The summed E-state index contributed by atoms with van der Waals surface area (Å²) in [5, 5.41) is 3.19. The fourth-order valence-electron chi connectivity index (χ4n) is 1.88. The van der Waals surface area contributed by atoms with Crippen molar-refractivity contribution in [1.29, 1.82) is 0 Å². The molecular weight excluding hydrogens is 278 g/mol. The van der Waals surface area contributed by atoms with E-state index in [1.54, 1.807) is 19.9 Å². The van der Waals surface area contributed by atoms with Gasteiger partial charge in [0.05, 0.1) is 0 Å². The van der Waals surface area contributed by atoms with Crippen molar-refractivity contribution in [3.05, 3.63) is 11.8 Å². The molecule has 7 nitrogen and oxygen atoms in total. The number of nitrogens with zero attached hydrogens (tertiary/aromatic N) is 3. The largest absolute Gasteiger partial charge is 0.384 e. The quantitative estimate of drug-likeness (QED) is 0.484. The predicted molar refractivity (Wildman–Crippen MR) is 76.2 cm³/mol. The summed E-state index contributed by atoms with van der Waals surface area (Å²) in [6, 6.07) is 1.33. The van der Waals surface area contributed by atoms with E-state index >= 15 is 0 Å². The summed E-state index contributed by atoms with van der Waals surface area (Å²) in [6.45, 7) is 5.52. The van der Waals surface area contributed by atoms with Crippen molar-refractivity contribution in [2.75, 3.05) is 18.0 Å². The van der Waals surface area contributed by atoms with Crippen molar-refractivity contribution in [2.24, 2.45) is 0 Å². The van der Waals surface area contributed by atoms with Crippen LogP contribution in [-0.2, 0) is 4.79 Å². The minimum atomic E-state index is -0.827. The molecular formula is C12H17N5O2S. The molecule has 20 heavy (non-hydrogen) atoms. The maximum Gasteiger partial charge on any atom is 0.325 e. The Balaban J connectivity index is 1.93. The lowest BCUT2D eigenvalue weighted by molar-refractivity contribution is -0.130. The van der Waals surface area contributed by atoms with E-state index in [2.05, 4.69) is 15.3 Å². The molecule has 0 unspecified atom stereocenters. The summed E-state index contributed by atoms with van der Waals surface area (Å²) in [4.78, 5) is 33.2. The average Bonchev–Trinajstić information content (AvgIpc) is 2.49. The normalized spacial score (nSPS) is 17.4. The van der Waals surface area contributed by atoms with Gasteiger partial charge in [0.25, 0.3) is 5.91 Å². The third kappa shape index (κ3) is 3.01. The van der Waals surface area contributed by atoms with E-state index in [0.29, 0.717) is 23.3 Å². The number of carbonyl (C=O) groups is 2. The van der Waals surface area contributed by atoms with Crippen molar-refractivity contribution in [3.8, 4) is 0 Å². The van der Waals surface area contributed by atoms with Crippen molar-refractivity contribution >= 4 is 29.5 Å². The Hall–Kier alpha value is -1.83. The Morgan fingerprint density at radius 2 is 2.10 bits per heavy atom. The molecule has 1 fully saturated rings. The molecule has 0 radical (unpaired) electrons. The van der Waals surface area contributed by atoms with Gasteiger partial charge in [0.1, 0.15) is 11.4 Å². The molecule has 3 amide bonds. The van der Waals surface area contributed by atoms with E-state index < -0.39 is 5.54 Å². The summed E-state index contributed by atoms with van der Waals surface area (Å²) >= 11 is 1.36. The number of aryl methyl sites for hydroxylation is 1. The lowest BCUT2D eigenvalue weighted by atomic mass is 10.1. The lowest BCUT2D eigenvalue weighted by Crippen LogP contribution is -2.40. The number of hydrogen-bond acceptors (Lipinski definition) is 6. The third-order valence-corrected chi connectivity index (χ3v) is 3.67. The number of aromatic nitrogens is 2. The Labute approximate surface area is 121 Å². The van der Waals surface area contributed by atoms with Gasteiger partial charge in [-0.15, -0.1) is 0 Å². The van der Waals surface area contributed by atoms with E-state index in [0.717, 1.165) is 5.69 Å². The standard InChI is InChI=1S/C12H17N5O2S/c1-7-6-8(13)15-10(14-7)20-5-4-17-9(18)12(2,3)16-11(17)19/h6H,4-5H2,1-3H3,(H,16,19)(H2,13,14,15). The first-order valence-corrected chi connectivity index (χ1v) is 7.16. The molecule has 0 aliphatic carbocycles. The maximum atomic E-state index is 12.0. The number of nitrogen functional groups attached to an aromatic ring is 1. The Kier molecular flexibility index (Phi) is 3.85. The molecule has 0 spiro atoms. The van der Waals surface area contributed by atoms with Gasteiger partial charge in [-0.05, 0) is 20.8 Å². The first kappa shape index (κ1) is 14.6. The van der Waals surface area contributed by atoms with Crippen LogP contribution in [0.15, 0.2) is 11.2 Å². The Morgan fingerprint density at radius 1 is 1.40 bits per heavy atom. The number of rotatable bonds is 4. The number of hydrogen-bond donors (Lipinski definition) is 2. The van der Waals surface area contributed by atoms with Gasteiger partial charge in [-0.25, -0.2) is 14.8 Å². The van der Waals surface area contributed by atoms with Gasteiger partial charge in [-0.1, -0.05) is 11.8 Å². The number of urea groups is 1. The van der Waals surface area contributed by atoms with Crippen LogP contribution < -0.4 is 11.1 Å². The number of amides is 3. The number of thioether (sulfide) groups is 1. The molecule has 1 aromatic rings. The molecule has 0 saturated carbocycles. The Morgan fingerprint density at radius 3 is 2.65 bits per heavy atom. The maximum absolute atomic E-state index is 12.0. The fraction of sp³-hybridized carbons (Fsp3) is 0.500. The highest BCUT2D eigenvalue weighted by Gasteiger charge is 2.43. The van der Waals surface area contributed by atoms with Crippen LogP contribution in [0.4, 0.5) is 10.6 Å². The molecule has 2 heterocycles. The second-order valence-electron chi connectivity index (χ2n) is 5.08. The highest BCUT2D eigenvalue weighted by molar-refractivity contribution is 7.99. The molecule has 1 aliphatic rings. The van der Waals surface area contributed by atoms with E-state index in [1.807, 2.05) is 6.92 Å². The summed E-state index contributed by atoms with van der Waals surface area (Å²) in [5.74, 6) is 0.724. The zero-order valence-corrected chi connectivity index (χ0v) is 12.5. The van der Waals surface area contributed by atoms with Gasteiger partial charge in [-0.2, -0.15) is 0 Å². The van der Waals surface area contributed by atoms with Crippen LogP contribution in [0, 0.1) is 6.92 Å². The van der Waals surface area contributed by atoms with Gasteiger partial charge in [0.2, 0.25) is 0 Å². The fourth-order valence-corrected chi connectivity index (χ4v) is 2.71. The molecule has 1 saturated heterocycles. The SMILES string of the molecule is Cc1cc(N)nc(SCCN2C(=O)NC(C)(C)C2=O)n1. The number of nitrogens with two attached hydrogens (primary N) is 1. The first-order valence-electron chi connectivity index (χ1n) is 6.17. The topological polar surface area (TPSA) is 101 Å². The zero-order chi connectivity index (χ0) is 14.9. The molecule has 0 aromatic carbocycles. The van der Waals surface area contributed by atoms with Crippen molar-refractivity contribution in [3.63, 3.8) is 0 Å². The van der Waals surface area contributed by atoms with Crippen molar-refractivity contribution < 1.29 is 9.59 Å². The van der Waals surface area contributed by atoms with Gasteiger partial charge in [-0.3, -0.25) is 9.69 Å². The molecule has 1 aliphatic heterocycles. The third-order valence-electron chi connectivity index (χ3n) is 2.84. The van der Waals surface area contributed by atoms with Gasteiger partial charge in [0.15, 0.2) is 5.16 Å². The number of anilines is 1. The van der Waals surface area contributed by atoms with Crippen LogP contribution in [0.5, 0.6) is 0 Å². The molecule has 0 atom stereocenters. The average molecular weight is 295 g/mol. The second kappa shape index (κ2) is 5.28. The second-order valence-corrected chi connectivity index (χ2v) is 6.14. The van der Waals surface area contributed by atoms with E-state index in [1.165, 1.54) is 16.7 Å². The van der Waals surface area contributed by atoms with Crippen LogP contribution in [0.3, 0.4) is 0 Å². The van der Waals surface area contributed by atoms with E-state index in [9.17, 15) is 9.59 Å². The number of carbonyl (C=O) groups excluding carboxylic acids is 2. The van der Waals surface area contributed by atoms with Crippen LogP contribution in [0.25, 0.3) is 0 Å². The molecule has 108 valence electrons. The Bertz CT molecular complexity index is 541. The van der Waals surface area contributed by atoms with E-state index in [4.69, 9.17) is 5.73 Å². The smallest absolute Gasteiger partial charge is 0.325 e. The molecule has 1 aromatic heterocycles. The predicted octanol–water partition coefficient (Wildman–Crippen LogP) is 0.790. The lowest BCUT2D eigenvalue weighted by Gasteiger charge is -2.15. The number of nitrogens with one attached hydrogen (secondary N) is 1. The first-order chi connectivity index (χ1) is 9.29. The van der Waals surface area contributed by atoms with Gasteiger partial charge >= 0.3 is 6.03 Å². The molecule has 8 heteroatoms. The monoisotopic (exact) mass is 295 g/mol. The minimum absolute atomic E-state index is 0.215. The van der Waals surface area contributed by atoms with Crippen LogP contribution in [-0.4, -0.2) is 44.6 Å². The van der Waals surface area contributed by atoms with Crippen LogP contribution in [0.2, 0.25) is 0 Å². The van der Waals surface area contributed by atoms with Crippen LogP contribution in [0.1, 0.15) is 19.5 Å². The highest BCUT2D eigenvalue weighted by Crippen LogP contribution is 2.19. The molecule has 2 rings (SSSR count). The van der Waals surface area contributed by atoms with Crippen LogP contribution >= 0.6 is 11.8 Å². The highest BCUT2D eigenvalue weighted by atomic mass is 32.2. The van der Waals surface area contributed by atoms with Crippen molar-refractivity contribution in [2.45, 2.75) is 31.5 Å². The minimum Gasteiger partial charge on any atom is -0.384 e. The summed E-state index contributed by atoms with van der Waals surface area (Å²) in [7, 11) is 0. The van der Waals surface area contributed by atoms with Gasteiger partial charge in [0, 0.05) is 24.1 Å². The summed E-state index contributed by atoms with van der Waals surface area (Å²) < 4.78 is 0. The van der Waals surface area contributed by atoms with Gasteiger partial charge < -0.3 is 11.1 Å². The number of imide groups is 1. The molecule has 0 bridgehead atoms. The molecule has 3 N–H and O–H groups in total.